The summed E-state index contributed by atoms with van der Waals surface area (Å²) in [6.45, 7) is 6.92. The highest BCUT2D eigenvalue weighted by Gasteiger charge is 2.34. The van der Waals surface area contributed by atoms with Crippen LogP contribution in [0.5, 0.6) is 5.88 Å². The molecule has 2 aliphatic rings. The number of aromatic nitrogens is 2. The molecule has 4 rings (SSSR count). The lowest BCUT2D eigenvalue weighted by Gasteiger charge is -2.36. The fraction of sp³-hybridized carbons (Fsp3) is 0.615. The summed E-state index contributed by atoms with van der Waals surface area (Å²) in [5.74, 6) is 0.657. The Morgan fingerprint density at radius 2 is 1.88 bits per heavy atom. The van der Waals surface area contributed by atoms with Gasteiger partial charge in [-0.2, -0.15) is 0 Å². The number of nitrogens with one attached hydrogen (secondary N) is 2. The predicted molar refractivity (Wildman–Crippen MR) is 134 cm³/mol. The molecule has 0 spiro atoms. The summed E-state index contributed by atoms with van der Waals surface area (Å²) >= 11 is 0. The molecular formula is C26H38N4O4. The zero-order valence-electron chi connectivity index (χ0n) is 20.7. The summed E-state index contributed by atoms with van der Waals surface area (Å²) in [7, 11) is 1.71. The van der Waals surface area contributed by atoms with Gasteiger partial charge >= 0.3 is 0 Å². The van der Waals surface area contributed by atoms with Crippen molar-refractivity contribution in [2.45, 2.75) is 89.3 Å². The summed E-state index contributed by atoms with van der Waals surface area (Å²) < 4.78 is 19.4. The highest BCUT2D eigenvalue weighted by atomic mass is 16.5. The third-order valence-corrected chi connectivity index (χ3v) is 6.66. The van der Waals surface area contributed by atoms with Gasteiger partial charge in [0.2, 0.25) is 5.88 Å². The van der Waals surface area contributed by atoms with Crippen LogP contribution in [0.25, 0.3) is 0 Å². The Morgan fingerprint density at radius 3 is 2.59 bits per heavy atom. The van der Waals surface area contributed by atoms with Crippen LogP contribution in [-0.2, 0) is 9.47 Å². The number of hydrogen-bond donors (Lipinski definition) is 2. The third kappa shape index (κ3) is 5.91. The van der Waals surface area contributed by atoms with Crippen molar-refractivity contribution in [1.82, 2.24) is 9.55 Å². The molecule has 0 amide bonds. The molecule has 2 aromatic heterocycles. The lowest BCUT2D eigenvalue weighted by molar-refractivity contribution is -0.0627. The molecule has 2 saturated carbocycles. The van der Waals surface area contributed by atoms with Crippen molar-refractivity contribution >= 4 is 11.4 Å². The molecule has 2 heterocycles. The first-order valence-electron chi connectivity index (χ1n) is 12.4. The number of rotatable bonds is 12. The van der Waals surface area contributed by atoms with E-state index in [0.29, 0.717) is 24.2 Å². The maximum Gasteiger partial charge on any atom is 0.274 e. The normalized spacial score (nSPS) is 24.7. The predicted octanol–water partition coefficient (Wildman–Crippen LogP) is 4.23. The van der Waals surface area contributed by atoms with Crippen LogP contribution in [0, 0.1) is 0 Å². The molecule has 0 radical (unpaired) electrons. The molecule has 8 nitrogen and oxygen atoms in total. The molecule has 2 aromatic rings. The minimum Gasteiger partial charge on any atom is -0.473 e. The van der Waals surface area contributed by atoms with Crippen LogP contribution in [-0.4, -0.2) is 53.7 Å². The number of hydrogen-bond acceptors (Lipinski definition) is 7. The van der Waals surface area contributed by atoms with E-state index in [9.17, 15) is 4.79 Å². The SMILES string of the molecule is CO[C@H]1CC[C@@H]1n1cccc(NC(C)CCOC2CC(Oc3ncccc3NC(C)C)C2)c1=O. The number of ether oxygens (including phenoxy) is 3. The minimum atomic E-state index is 0.0156. The van der Waals surface area contributed by atoms with Gasteiger partial charge in [0.25, 0.3) is 5.56 Å². The molecule has 3 atom stereocenters. The number of methoxy groups -OCH3 is 1. The maximum absolute atomic E-state index is 12.9. The second kappa shape index (κ2) is 11.2. The fourth-order valence-corrected chi connectivity index (χ4v) is 4.49. The van der Waals surface area contributed by atoms with E-state index in [1.54, 1.807) is 17.9 Å². The maximum atomic E-state index is 12.9. The van der Waals surface area contributed by atoms with Crippen LogP contribution in [0.1, 0.15) is 58.9 Å². The third-order valence-electron chi connectivity index (χ3n) is 6.66. The van der Waals surface area contributed by atoms with Gasteiger partial charge in [0.05, 0.1) is 23.9 Å². The lowest BCUT2D eigenvalue weighted by Crippen LogP contribution is -2.41. The summed E-state index contributed by atoms with van der Waals surface area (Å²) in [6, 6.07) is 8.27. The van der Waals surface area contributed by atoms with Crippen molar-refractivity contribution in [2.75, 3.05) is 24.4 Å². The molecule has 186 valence electrons. The van der Waals surface area contributed by atoms with E-state index >= 15 is 0 Å². The summed E-state index contributed by atoms with van der Waals surface area (Å²) in [5.41, 5.74) is 1.58. The van der Waals surface area contributed by atoms with Gasteiger partial charge in [-0.1, -0.05) is 0 Å². The van der Waals surface area contributed by atoms with Gasteiger partial charge in [-0.25, -0.2) is 4.98 Å². The van der Waals surface area contributed by atoms with Crippen molar-refractivity contribution in [3.8, 4) is 5.88 Å². The molecule has 2 aliphatic carbocycles. The Labute approximate surface area is 202 Å². The average molecular weight is 471 g/mol. The molecular weight excluding hydrogens is 432 g/mol. The van der Waals surface area contributed by atoms with Crippen LogP contribution >= 0.6 is 0 Å². The van der Waals surface area contributed by atoms with E-state index in [0.717, 1.165) is 37.8 Å². The number of nitrogens with zero attached hydrogens (tertiary/aromatic N) is 2. The largest absolute Gasteiger partial charge is 0.473 e. The zero-order chi connectivity index (χ0) is 24.1. The monoisotopic (exact) mass is 470 g/mol. The Hall–Kier alpha value is -2.58. The first kappa shape index (κ1) is 24.5. The van der Waals surface area contributed by atoms with E-state index < -0.39 is 0 Å². The topological polar surface area (TPSA) is 86.6 Å². The van der Waals surface area contributed by atoms with E-state index in [2.05, 4.69) is 36.4 Å². The van der Waals surface area contributed by atoms with Gasteiger partial charge < -0.3 is 29.4 Å². The Kier molecular flexibility index (Phi) is 8.11. The lowest BCUT2D eigenvalue weighted by atomic mass is 9.88. The Balaban J connectivity index is 1.18. The quantitative estimate of drug-likeness (QED) is 0.480. The highest BCUT2D eigenvalue weighted by Crippen LogP contribution is 2.34. The van der Waals surface area contributed by atoms with Crippen LogP contribution in [0.3, 0.4) is 0 Å². The van der Waals surface area contributed by atoms with Crippen molar-refractivity contribution in [3.05, 3.63) is 47.0 Å². The summed E-state index contributed by atoms with van der Waals surface area (Å²) in [4.78, 5) is 17.3. The van der Waals surface area contributed by atoms with Crippen LogP contribution in [0.2, 0.25) is 0 Å². The van der Waals surface area contributed by atoms with Crippen molar-refractivity contribution in [1.29, 1.82) is 0 Å². The summed E-state index contributed by atoms with van der Waals surface area (Å²) in [5, 5.41) is 6.74. The minimum absolute atomic E-state index is 0.0156. The average Bonchev–Trinajstić information content (AvgIpc) is 2.75. The van der Waals surface area contributed by atoms with E-state index in [1.807, 2.05) is 30.5 Å². The van der Waals surface area contributed by atoms with E-state index in [1.165, 1.54) is 0 Å². The van der Waals surface area contributed by atoms with Crippen LogP contribution in [0.15, 0.2) is 41.5 Å². The second-order valence-electron chi connectivity index (χ2n) is 9.75. The van der Waals surface area contributed by atoms with Crippen LogP contribution in [0.4, 0.5) is 11.4 Å². The van der Waals surface area contributed by atoms with Gasteiger partial charge in [-0.15, -0.1) is 0 Å². The standard InChI is InChI=1S/C26H38N4O4/c1-17(2)28-21-7-5-12-27-25(21)34-20-15-19(16-20)33-14-11-18(3)29-22-8-6-13-30(26(22)31)23-9-10-24(23)32-4/h5-8,12-13,17-20,23-24,28-29H,9-11,14-16H2,1-4H3/t18?,19?,20?,23-,24-/m0/s1. The van der Waals surface area contributed by atoms with Gasteiger partial charge in [-0.3, -0.25) is 4.79 Å². The molecule has 0 bridgehead atoms. The Morgan fingerprint density at radius 1 is 1.09 bits per heavy atom. The molecule has 1 unspecified atom stereocenters. The van der Waals surface area contributed by atoms with Gasteiger partial charge in [0.15, 0.2) is 0 Å². The van der Waals surface area contributed by atoms with Crippen LogP contribution < -0.4 is 20.9 Å². The smallest absolute Gasteiger partial charge is 0.274 e. The van der Waals surface area contributed by atoms with Gasteiger partial charge in [-0.05, 0) is 64.3 Å². The molecule has 0 aromatic carbocycles. The first-order valence-corrected chi connectivity index (χ1v) is 12.4. The molecule has 34 heavy (non-hydrogen) atoms. The number of anilines is 2. The molecule has 2 N–H and O–H groups in total. The molecule has 0 aliphatic heterocycles. The Bertz CT molecular complexity index is 987. The highest BCUT2D eigenvalue weighted by molar-refractivity contribution is 5.52. The first-order chi connectivity index (χ1) is 16.4. The molecule has 2 fully saturated rings. The van der Waals surface area contributed by atoms with E-state index in [4.69, 9.17) is 14.2 Å². The summed E-state index contributed by atoms with van der Waals surface area (Å²) in [6.07, 6.45) is 8.62. The van der Waals surface area contributed by atoms with Crippen molar-refractivity contribution in [2.24, 2.45) is 0 Å². The van der Waals surface area contributed by atoms with Crippen molar-refractivity contribution < 1.29 is 14.2 Å². The molecule has 0 saturated heterocycles. The van der Waals surface area contributed by atoms with Gasteiger partial charge in [0, 0.05) is 51.0 Å². The van der Waals surface area contributed by atoms with E-state index in [-0.39, 0.29) is 36.0 Å². The zero-order valence-corrected chi connectivity index (χ0v) is 20.7. The van der Waals surface area contributed by atoms with Crippen molar-refractivity contribution in [3.63, 3.8) is 0 Å². The second-order valence-corrected chi connectivity index (χ2v) is 9.75. The fourth-order valence-electron chi connectivity index (χ4n) is 4.49. The van der Waals surface area contributed by atoms with Gasteiger partial charge in [0.1, 0.15) is 11.8 Å². The number of pyridine rings is 2. The molecule has 8 heteroatoms.